The van der Waals surface area contributed by atoms with Crippen molar-refractivity contribution in [3.8, 4) is 0 Å². The molecule has 9 heteroatoms. The van der Waals surface area contributed by atoms with Crippen LogP contribution in [0.15, 0.2) is 29.3 Å². The van der Waals surface area contributed by atoms with Crippen LogP contribution in [0.3, 0.4) is 0 Å². The van der Waals surface area contributed by atoms with Gasteiger partial charge in [-0.3, -0.25) is 20.2 Å². The molecular formula is C16H18N4O3S2. The summed E-state index contributed by atoms with van der Waals surface area (Å²) in [4.78, 5) is 29.4. The number of hydrogen-bond donors (Lipinski definition) is 2. The number of aromatic nitrogens is 1. The van der Waals surface area contributed by atoms with E-state index in [1.54, 1.807) is 18.3 Å². The van der Waals surface area contributed by atoms with E-state index in [1.807, 2.05) is 6.26 Å². The van der Waals surface area contributed by atoms with Crippen molar-refractivity contribution < 1.29 is 9.72 Å². The van der Waals surface area contributed by atoms with Crippen LogP contribution >= 0.6 is 23.1 Å². The molecule has 0 atom stereocenters. The first-order chi connectivity index (χ1) is 12.1. The second-order valence-corrected chi connectivity index (χ2v) is 7.63. The summed E-state index contributed by atoms with van der Waals surface area (Å²) in [6, 6.07) is 4.54. The molecule has 1 amide bonds. The molecule has 0 bridgehead atoms. The highest BCUT2D eigenvalue weighted by atomic mass is 32.2. The third-order valence-electron chi connectivity index (χ3n) is 4.13. The molecular weight excluding hydrogens is 360 g/mol. The number of hydrogen-bond acceptors (Lipinski definition) is 7. The van der Waals surface area contributed by atoms with Crippen LogP contribution in [0.25, 0.3) is 0 Å². The first kappa shape index (κ1) is 17.8. The monoisotopic (exact) mass is 378 g/mol. The number of piperidine rings is 1. The normalized spacial score (nSPS) is 15.1. The zero-order valence-corrected chi connectivity index (χ0v) is 15.3. The fraction of sp³-hybridized carbons (Fsp3) is 0.375. The molecule has 0 saturated carbocycles. The highest BCUT2D eigenvalue weighted by Crippen LogP contribution is 2.32. The number of nitrogens with zero attached hydrogens (tertiary/aromatic N) is 2. The zero-order valence-electron chi connectivity index (χ0n) is 13.7. The highest BCUT2D eigenvalue weighted by Gasteiger charge is 2.23. The third-order valence-corrected chi connectivity index (χ3v) is 5.93. The molecule has 2 N–H and O–H groups in total. The van der Waals surface area contributed by atoms with Gasteiger partial charge < -0.3 is 5.32 Å². The van der Waals surface area contributed by atoms with Gasteiger partial charge in [0.05, 0.1) is 4.92 Å². The van der Waals surface area contributed by atoms with Crippen molar-refractivity contribution in [2.24, 2.45) is 0 Å². The summed E-state index contributed by atoms with van der Waals surface area (Å²) in [7, 11) is 0. The smallest absolute Gasteiger partial charge is 0.282 e. The van der Waals surface area contributed by atoms with Gasteiger partial charge in [-0.05, 0) is 50.2 Å². The minimum absolute atomic E-state index is 0.0514. The van der Waals surface area contributed by atoms with E-state index in [1.165, 1.54) is 29.2 Å². The molecule has 0 spiro atoms. The molecule has 1 aliphatic heterocycles. The topological polar surface area (TPSA) is 97.2 Å². The van der Waals surface area contributed by atoms with Crippen molar-refractivity contribution in [1.82, 2.24) is 10.3 Å². The number of amides is 1. The van der Waals surface area contributed by atoms with Crippen LogP contribution in [0, 0.1) is 10.1 Å². The molecule has 132 valence electrons. The lowest BCUT2D eigenvalue weighted by atomic mass is 9.97. The van der Waals surface area contributed by atoms with Gasteiger partial charge in [-0.15, -0.1) is 23.1 Å². The minimum Gasteiger partial charge on any atom is -0.317 e. The van der Waals surface area contributed by atoms with Crippen LogP contribution in [0.1, 0.15) is 34.0 Å². The Hall–Kier alpha value is -1.97. The molecule has 25 heavy (non-hydrogen) atoms. The van der Waals surface area contributed by atoms with Crippen LogP contribution in [0.2, 0.25) is 0 Å². The van der Waals surface area contributed by atoms with Gasteiger partial charge in [0, 0.05) is 22.0 Å². The van der Waals surface area contributed by atoms with Gasteiger partial charge >= 0.3 is 0 Å². The molecule has 1 saturated heterocycles. The van der Waals surface area contributed by atoms with E-state index >= 15 is 0 Å². The van der Waals surface area contributed by atoms with Gasteiger partial charge in [-0.25, -0.2) is 4.98 Å². The van der Waals surface area contributed by atoms with E-state index in [2.05, 4.69) is 15.6 Å². The number of carbonyl (C=O) groups excluding carboxylic acids is 1. The van der Waals surface area contributed by atoms with Crippen molar-refractivity contribution in [1.29, 1.82) is 0 Å². The molecule has 2 heterocycles. The summed E-state index contributed by atoms with van der Waals surface area (Å²) in [5.41, 5.74) is -0.152. The van der Waals surface area contributed by atoms with E-state index in [9.17, 15) is 14.9 Å². The first-order valence-electron chi connectivity index (χ1n) is 7.88. The Morgan fingerprint density at radius 3 is 2.88 bits per heavy atom. The fourth-order valence-electron chi connectivity index (χ4n) is 2.79. The Labute approximate surface area is 153 Å². The Kier molecular flexibility index (Phi) is 5.67. The van der Waals surface area contributed by atoms with Crippen molar-refractivity contribution >= 4 is 39.8 Å². The van der Waals surface area contributed by atoms with Crippen molar-refractivity contribution in [3.05, 3.63) is 45.0 Å². The maximum Gasteiger partial charge on any atom is 0.282 e. The number of nitro benzene ring substituents is 1. The quantitative estimate of drug-likeness (QED) is 0.470. The van der Waals surface area contributed by atoms with Crippen LogP contribution in [0.5, 0.6) is 0 Å². The number of benzene rings is 1. The van der Waals surface area contributed by atoms with Gasteiger partial charge in [0.25, 0.3) is 11.6 Å². The Morgan fingerprint density at radius 1 is 1.44 bits per heavy atom. The molecule has 3 rings (SSSR count). The van der Waals surface area contributed by atoms with Crippen LogP contribution in [0.4, 0.5) is 10.8 Å². The third kappa shape index (κ3) is 4.17. The minimum atomic E-state index is -0.540. The Bertz CT molecular complexity index is 787. The maximum absolute atomic E-state index is 12.5. The molecule has 1 aliphatic rings. The van der Waals surface area contributed by atoms with Crippen molar-refractivity contribution in [3.63, 3.8) is 0 Å². The number of thiazole rings is 1. The van der Waals surface area contributed by atoms with E-state index in [-0.39, 0.29) is 11.3 Å². The van der Waals surface area contributed by atoms with Crippen LogP contribution < -0.4 is 10.6 Å². The van der Waals surface area contributed by atoms with Crippen LogP contribution in [-0.2, 0) is 0 Å². The Morgan fingerprint density at radius 2 is 2.20 bits per heavy atom. The molecule has 0 aliphatic carbocycles. The number of rotatable bonds is 5. The number of nitro groups is 1. The molecule has 2 aromatic rings. The number of nitrogens with one attached hydrogen (secondary N) is 2. The first-order valence-corrected chi connectivity index (χ1v) is 9.93. The highest BCUT2D eigenvalue weighted by molar-refractivity contribution is 7.98. The molecule has 1 aromatic heterocycles. The molecule has 1 aromatic carbocycles. The maximum atomic E-state index is 12.5. The average Bonchev–Trinajstić information content (AvgIpc) is 3.10. The van der Waals surface area contributed by atoms with Gasteiger partial charge in [0.1, 0.15) is 5.56 Å². The largest absolute Gasteiger partial charge is 0.317 e. The van der Waals surface area contributed by atoms with Gasteiger partial charge in [-0.1, -0.05) is 0 Å². The molecule has 0 radical (unpaired) electrons. The van der Waals surface area contributed by atoms with Gasteiger partial charge in [0.15, 0.2) is 5.13 Å². The SMILES string of the molecule is CSc1ccc([N+](=O)[O-])c(C(=O)Nc2ncc(C3CCNCC3)s2)c1. The summed E-state index contributed by atoms with van der Waals surface area (Å²) in [6.45, 7) is 1.97. The van der Waals surface area contributed by atoms with E-state index in [0.717, 1.165) is 35.7 Å². The lowest BCUT2D eigenvalue weighted by molar-refractivity contribution is -0.385. The summed E-state index contributed by atoms with van der Waals surface area (Å²) < 4.78 is 0. The summed E-state index contributed by atoms with van der Waals surface area (Å²) in [5.74, 6) is -0.0487. The average molecular weight is 378 g/mol. The number of thioether (sulfide) groups is 1. The van der Waals surface area contributed by atoms with E-state index in [0.29, 0.717) is 11.0 Å². The predicted octanol–water partition coefficient (Wildman–Crippen LogP) is 3.49. The second-order valence-electron chi connectivity index (χ2n) is 5.69. The lowest BCUT2D eigenvalue weighted by Crippen LogP contribution is -2.26. The zero-order chi connectivity index (χ0) is 17.8. The standard InChI is InChI=1S/C16H18N4O3S2/c1-24-11-2-3-13(20(22)23)12(8-11)15(21)19-16-18-9-14(25-16)10-4-6-17-7-5-10/h2-3,8-10,17H,4-7H2,1H3,(H,18,19,21). The Balaban J connectivity index is 1.78. The summed E-state index contributed by atoms with van der Waals surface area (Å²) >= 11 is 2.87. The fourth-order valence-corrected chi connectivity index (χ4v) is 4.21. The van der Waals surface area contributed by atoms with Crippen molar-refractivity contribution in [2.75, 3.05) is 24.7 Å². The van der Waals surface area contributed by atoms with Crippen molar-refractivity contribution in [2.45, 2.75) is 23.7 Å². The van der Waals surface area contributed by atoms with E-state index in [4.69, 9.17) is 0 Å². The number of anilines is 1. The van der Waals surface area contributed by atoms with E-state index < -0.39 is 10.8 Å². The summed E-state index contributed by atoms with van der Waals surface area (Å²) in [5, 5.41) is 17.7. The predicted molar refractivity (Wildman–Crippen MR) is 99.8 cm³/mol. The van der Waals surface area contributed by atoms with Gasteiger partial charge in [-0.2, -0.15) is 0 Å². The van der Waals surface area contributed by atoms with Crippen LogP contribution in [-0.4, -0.2) is 35.2 Å². The second kappa shape index (κ2) is 7.94. The molecule has 1 fully saturated rings. The number of carbonyl (C=O) groups is 1. The molecule has 0 unspecified atom stereocenters. The summed E-state index contributed by atoms with van der Waals surface area (Å²) in [6.07, 6.45) is 5.76. The molecule has 7 nitrogen and oxygen atoms in total. The lowest BCUT2D eigenvalue weighted by Gasteiger charge is -2.20. The van der Waals surface area contributed by atoms with Gasteiger partial charge in [0.2, 0.25) is 0 Å².